The molecule has 0 rings (SSSR count). The van der Waals surface area contributed by atoms with Crippen molar-refractivity contribution in [2.75, 3.05) is 33.9 Å². The third-order valence-electron chi connectivity index (χ3n) is 2.08. The van der Waals surface area contributed by atoms with Gasteiger partial charge in [-0.15, -0.1) is 0 Å². The molecule has 0 aliphatic heterocycles. The van der Waals surface area contributed by atoms with Crippen LogP contribution in [0.25, 0.3) is 0 Å². The van der Waals surface area contributed by atoms with Gasteiger partial charge in [-0.2, -0.15) is 0 Å². The number of methoxy groups -OCH3 is 2. The van der Waals surface area contributed by atoms with E-state index in [0.29, 0.717) is 0 Å². The standard InChI is InChI=1S/C12H21NO6/c1-12(2,3)19-8-9(14)13(6-10(15)17-4)7-11(16)18-5/h6-8H2,1-5H3. The summed E-state index contributed by atoms with van der Waals surface area (Å²) in [5.41, 5.74) is -0.488. The zero-order valence-electron chi connectivity index (χ0n) is 12.0. The fraction of sp³-hybridized carbons (Fsp3) is 0.750. The predicted octanol–water partition coefficient (Wildman–Crippen LogP) is -0.0239. The van der Waals surface area contributed by atoms with Gasteiger partial charge in [0.2, 0.25) is 5.91 Å². The van der Waals surface area contributed by atoms with Crippen LogP contribution in [0.5, 0.6) is 0 Å². The molecule has 0 aromatic carbocycles. The van der Waals surface area contributed by atoms with Gasteiger partial charge < -0.3 is 19.1 Å². The molecule has 0 aliphatic rings. The molecule has 0 radical (unpaired) electrons. The van der Waals surface area contributed by atoms with E-state index in [-0.39, 0.29) is 19.7 Å². The summed E-state index contributed by atoms with van der Waals surface area (Å²) in [6, 6.07) is 0. The minimum Gasteiger partial charge on any atom is -0.468 e. The van der Waals surface area contributed by atoms with Crippen molar-refractivity contribution in [3.63, 3.8) is 0 Å². The van der Waals surface area contributed by atoms with Crippen molar-refractivity contribution < 1.29 is 28.6 Å². The zero-order chi connectivity index (χ0) is 15.1. The molecular formula is C12H21NO6. The monoisotopic (exact) mass is 275 g/mol. The largest absolute Gasteiger partial charge is 0.468 e. The van der Waals surface area contributed by atoms with E-state index in [2.05, 4.69) is 9.47 Å². The van der Waals surface area contributed by atoms with Gasteiger partial charge in [0.05, 0.1) is 19.8 Å². The Morgan fingerprint density at radius 1 is 0.947 bits per heavy atom. The van der Waals surface area contributed by atoms with E-state index in [0.717, 1.165) is 4.90 Å². The highest BCUT2D eigenvalue weighted by molar-refractivity contribution is 5.86. The lowest BCUT2D eigenvalue weighted by Crippen LogP contribution is -2.43. The molecule has 0 heterocycles. The maximum Gasteiger partial charge on any atom is 0.325 e. The number of carbonyl (C=O) groups excluding carboxylic acids is 3. The van der Waals surface area contributed by atoms with E-state index in [9.17, 15) is 14.4 Å². The second-order valence-electron chi connectivity index (χ2n) is 4.80. The van der Waals surface area contributed by atoms with Crippen LogP contribution in [-0.4, -0.2) is 62.3 Å². The highest BCUT2D eigenvalue weighted by Crippen LogP contribution is 2.07. The van der Waals surface area contributed by atoms with Crippen LogP contribution in [-0.2, 0) is 28.6 Å². The van der Waals surface area contributed by atoms with Crippen molar-refractivity contribution in [3.05, 3.63) is 0 Å². The molecule has 7 heteroatoms. The van der Waals surface area contributed by atoms with Gasteiger partial charge in [0, 0.05) is 0 Å². The minimum atomic E-state index is -0.618. The molecule has 19 heavy (non-hydrogen) atoms. The fourth-order valence-electron chi connectivity index (χ4n) is 1.04. The first-order valence-electron chi connectivity index (χ1n) is 5.75. The van der Waals surface area contributed by atoms with Crippen LogP contribution in [0.4, 0.5) is 0 Å². The second-order valence-corrected chi connectivity index (χ2v) is 4.80. The number of amides is 1. The van der Waals surface area contributed by atoms with Gasteiger partial charge in [0.1, 0.15) is 19.7 Å². The summed E-state index contributed by atoms with van der Waals surface area (Å²) in [6.07, 6.45) is 0. The first-order chi connectivity index (χ1) is 8.69. The average Bonchev–Trinajstić information content (AvgIpc) is 2.33. The van der Waals surface area contributed by atoms with Crippen LogP contribution >= 0.6 is 0 Å². The average molecular weight is 275 g/mol. The van der Waals surface area contributed by atoms with Gasteiger partial charge in [-0.25, -0.2) is 0 Å². The maximum absolute atomic E-state index is 11.9. The van der Waals surface area contributed by atoms with Crippen LogP contribution in [0, 0.1) is 0 Å². The molecule has 0 aliphatic carbocycles. The molecule has 0 saturated carbocycles. The Morgan fingerprint density at radius 3 is 1.68 bits per heavy atom. The summed E-state index contributed by atoms with van der Waals surface area (Å²) in [6.45, 7) is 4.52. The van der Waals surface area contributed by atoms with Gasteiger partial charge in [0.15, 0.2) is 0 Å². The maximum atomic E-state index is 11.9. The van der Waals surface area contributed by atoms with Gasteiger partial charge in [0.25, 0.3) is 0 Å². The van der Waals surface area contributed by atoms with Crippen molar-refractivity contribution >= 4 is 17.8 Å². The number of rotatable bonds is 6. The summed E-state index contributed by atoms with van der Waals surface area (Å²) < 4.78 is 14.2. The highest BCUT2D eigenvalue weighted by Gasteiger charge is 2.23. The first-order valence-corrected chi connectivity index (χ1v) is 5.75. The number of hydrogen-bond donors (Lipinski definition) is 0. The summed E-state index contributed by atoms with van der Waals surface area (Å²) in [7, 11) is 2.41. The van der Waals surface area contributed by atoms with Crippen molar-refractivity contribution in [1.82, 2.24) is 4.90 Å². The molecule has 7 nitrogen and oxygen atoms in total. The molecule has 0 atom stereocenters. The smallest absolute Gasteiger partial charge is 0.325 e. The quantitative estimate of drug-likeness (QED) is 0.633. The van der Waals surface area contributed by atoms with Crippen molar-refractivity contribution in [2.45, 2.75) is 26.4 Å². The van der Waals surface area contributed by atoms with Crippen LogP contribution in [0.3, 0.4) is 0 Å². The molecule has 0 fully saturated rings. The summed E-state index contributed by atoms with van der Waals surface area (Å²) in [5.74, 6) is -1.72. The number of nitrogens with zero attached hydrogens (tertiary/aromatic N) is 1. The lowest BCUT2D eigenvalue weighted by atomic mass is 10.2. The van der Waals surface area contributed by atoms with E-state index < -0.39 is 23.4 Å². The second kappa shape index (κ2) is 7.73. The third-order valence-corrected chi connectivity index (χ3v) is 2.08. The Balaban J connectivity index is 4.58. The lowest BCUT2D eigenvalue weighted by molar-refractivity contribution is -0.155. The van der Waals surface area contributed by atoms with Crippen molar-refractivity contribution in [2.24, 2.45) is 0 Å². The molecule has 0 unspecified atom stereocenters. The van der Waals surface area contributed by atoms with Gasteiger partial charge in [-0.05, 0) is 20.8 Å². The topological polar surface area (TPSA) is 82.1 Å². The summed E-state index contributed by atoms with van der Waals surface area (Å²) >= 11 is 0. The molecule has 0 aromatic heterocycles. The summed E-state index contributed by atoms with van der Waals surface area (Å²) in [5, 5.41) is 0. The van der Waals surface area contributed by atoms with Gasteiger partial charge >= 0.3 is 11.9 Å². The van der Waals surface area contributed by atoms with Gasteiger partial charge in [-0.3, -0.25) is 14.4 Å². The van der Waals surface area contributed by atoms with E-state index >= 15 is 0 Å². The fourth-order valence-corrected chi connectivity index (χ4v) is 1.04. The van der Waals surface area contributed by atoms with Crippen LogP contribution in [0.15, 0.2) is 0 Å². The van der Waals surface area contributed by atoms with E-state index in [1.54, 1.807) is 20.8 Å². The Morgan fingerprint density at radius 2 is 1.37 bits per heavy atom. The third kappa shape index (κ3) is 8.15. The molecule has 0 bridgehead atoms. The Bertz CT molecular complexity index is 316. The first kappa shape index (κ1) is 17.4. The summed E-state index contributed by atoms with van der Waals surface area (Å²) in [4.78, 5) is 35.3. The molecule has 0 saturated heterocycles. The van der Waals surface area contributed by atoms with E-state index in [4.69, 9.17) is 4.74 Å². The Labute approximate surface area is 112 Å². The zero-order valence-corrected chi connectivity index (χ0v) is 12.0. The van der Waals surface area contributed by atoms with Crippen molar-refractivity contribution in [1.29, 1.82) is 0 Å². The lowest BCUT2D eigenvalue weighted by Gasteiger charge is -2.23. The van der Waals surface area contributed by atoms with Gasteiger partial charge in [-0.1, -0.05) is 0 Å². The number of esters is 2. The number of ether oxygens (including phenoxy) is 3. The SMILES string of the molecule is COC(=O)CN(CC(=O)OC)C(=O)COC(C)(C)C. The molecule has 0 aromatic rings. The predicted molar refractivity (Wildman–Crippen MR) is 66.3 cm³/mol. The molecule has 1 amide bonds. The van der Waals surface area contributed by atoms with Crippen LogP contribution in [0.1, 0.15) is 20.8 Å². The van der Waals surface area contributed by atoms with E-state index in [1.165, 1.54) is 14.2 Å². The Hall–Kier alpha value is -1.63. The highest BCUT2D eigenvalue weighted by atomic mass is 16.5. The molecular weight excluding hydrogens is 254 g/mol. The normalized spacial score (nSPS) is 10.8. The van der Waals surface area contributed by atoms with Crippen molar-refractivity contribution in [3.8, 4) is 0 Å². The van der Waals surface area contributed by atoms with Crippen LogP contribution < -0.4 is 0 Å². The number of hydrogen-bond acceptors (Lipinski definition) is 6. The number of carbonyl (C=O) groups is 3. The van der Waals surface area contributed by atoms with Crippen LogP contribution in [0.2, 0.25) is 0 Å². The minimum absolute atomic E-state index is 0.225. The van der Waals surface area contributed by atoms with E-state index in [1.807, 2.05) is 0 Å². The Kier molecular flexibility index (Phi) is 7.06. The molecule has 0 spiro atoms. The molecule has 110 valence electrons. The molecule has 0 N–H and O–H groups in total.